The molecule has 1 N–H and O–H groups in total. The summed E-state index contributed by atoms with van der Waals surface area (Å²) in [5, 5.41) is 9.50. The highest BCUT2D eigenvalue weighted by Gasteiger charge is 2.15. The third-order valence-electron chi connectivity index (χ3n) is 3.62. The average Bonchev–Trinajstić information content (AvgIpc) is 3.04. The number of carbonyl (C=O) groups excluding carboxylic acids is 1. The van der Waals surface area contributed by atoms with Crippen molar-refractivity contribution in [1.82, 2.24) is 4.90 Å². The number of phenols is 1. The summed E-state index contributed by atoms with van der Waals surface area (Å²) >= 11 is 1.38. The van der Waals surface area contributed by atoms with Gasteiger partial charge in [-0.15, -0.1) is 11.3 Å². The summed E-state index contributed by atoms with van der Waals surface area (Å²) in [7, 11) is 1.73. The fraction of sp³-hybridized carbons (Fsp3) is 0.105. The molecule has 5 heteroatoms. The Bertz CT molecular complexity index is 858. The Labute approximate surface area is 143 Å². The van der Waals surface area contributed by atoms with Crippen LogP contribution in [0.3, 0.4) is 0 Å². The molecular weight excluding hydrogens is 325 g/mol. The second-order valence-corrected chi connectivity index (χ2v) is 6.59. The van der Waals surface area contributed by atoms with Gasteiger partial charge >= 0.3 is 0 Å². The second-order valence-electron chi connectivity index (χ2n) is 5.50. The number of rotatable bonds is 4. The molecule has 2 aromatic carbocycles. The Morgan fingerprint density at radius 2 is 1.88 bits per heavy atom. The van der Waals surface area contributed by atoms with Crippen molar-refractivity contribution in [3.63, 3.8) is 0 Å². The molecule has 0 saturated heterocycles. The number of carbonyl (C=O) groups is 1. The maximum atomic E-state index is 13.0. The highest BCUT2D eigenvalue weighted by Crippen LogP contribution is 2.29. The molecule has 0 saturated carbocycles. The zero-order chi connectivity index (χ0) is 17.1. The van der Waals surface area contributed by atoms with Crippen molar-refractivity contribution < 1.29 is 14.3 Å². The molecule has 0 aliphatic rings. The Hall–Kier alpha value is -2.66. The lowest BCUT2D eigenvalue weighted by Gasteiger charge is -2.16. The van der Waals surface area contributed by atoms with Crippen molar-refractivity contribution in [2.75, 3.05) is 7.05 Å². The van der Waals surface area contributed by atoms with Crippen molar-refractivity contribution in [2.45, 2.75) is 6.54 Å². The molecule has 0 unspecified atom stereocenters. The van der Waals surface area contributed by atoms with E-state index >= 15 is 0 Å². The number of amides is 1. The smallest absolute Gasteiger partial charge is 0.263 e. The lowest BCUT2D eigenvalue weighted by molar-refractivity contribution is 0.0789. The van der Waals surface area contributed by atoms with Gasteiger partial charge in [0.05, 0.1) is 4.88 Å². The lowest BCUT2D eigenvalue weighted by Crippen LogP contribution is -2.25. The number of halogens is 1. The van der Waals surface area contributed by atoms with Crippen LogP contribution in [0.15, 0.2) is 60.7 Å². The fourth-order valence-corrected chi connectivity index (χ4v) is 3.42. The van der Waals surface area contributed by atoms with Crippen LogP contribution in [0, 0.1) is 5.82 Å². The van der Waals surface area contributed by atoms with E-state index in [0.29, 0.717) is 11.4 Å². The first-order valence-electron chi connectivity index (χ1n) is 7.42. The number of hydrogen-bond donors (Lipinski definition) is 1. The van der Waals surface area contributed by atoms with Gasteiger partial charge in [0, 0.05) is 18.5 Å². The predicted octanol–water partition coefficient (Wildman–Crippen LogP) is 4.53. The van der Waals surface area contributed by atoms with Crippen molar-refractivity contribution in [2.24, 2.45) is 0 Å². The average molecular weight is 341 g/mol. The van der Waals surface area contributed by atoms with Gasteiger partial charge in [-0.2, -0.15) is 0 Å². The fourth-order valence-electron chi connectivity index (χ4n) is 2.41. The van der Waals surface area contributed by atoms with E-state index in [1.165, 1.54) is 23.5 Å². The van der Waals surface area contributed by atoms with E-state index in [9.17, 15) is 14.3 Å². The molecule has 1 heterocycles. The third kappa shape index (κ3) is 3.63. The van der Waals surface area contributed by atoms with Crippen molar-refractivity contribution in [3.05, 3.63) is 76.9 Å². The zero-order valence-corrected chi connectivity index (χ0v) is 13.9. The number of nitrogens with zero attached hydrogens (tertiary/aromatic N) is 1. The molecular formula is C19H16FNO2S. The highest BCUT2D eigenvalue weighted by atomic mass is 32.1. The van der Waals surface area contributed by atoms with Crippen LogP contribution in [0.2, 0.25) is 0 Å². The monoisotopic (exact) mass is 341 g/mol. The first-order valence-corrected chi connectivity index (χ1v) is 8.24. The lowest BCUT2D eigenvalue weighted by atomic mass is 10.2. The molecule has 0 aliphatic carbocycles. The third-order valence-corrected chi connectivity index (χ3v) is 4.74. The van der Waals surface area contributed by atoms with E-state index in [2.05, 4.69) is 0 Å². The van der Waals surface area contributed by atoms with Crippen molar-refractivity contribution >= 4 is 17.2 Å². The Balaban J connectivity index is 1.74. The molecule has 3 nitrogen and oxygen atoms in total. The van der Waals surface area contributed by atoms with E-state index in [0.717, 1.165) is 16.0 Å². The standard InChI is InChI=1S/C19H16FNO2S/c1-21(12-13-3-2-4-16(22)11-13)19(23)18-10-9-17(24-18)14-5-7-15(20)8-6-14/h2-11,22H,12H2,1H3. The van der Waals surface area contributed by atoms with Crippen molar-refractivity contribution in [3.8, 4) is 16.2 Å². The summed E-state index contributed by atoms with van der Waals surface area (Å²) in [6, 6.07) is 16.7. The minimum absolute atomic E-state index is 0.0864. The van der Waals surface area contributed by atoms with Crippen LogP contribution in [0.25, 0.3) is 10.4 Å². The van der Waals surface area contributed by atoms with Gasteiger partial charge in [0.2, 0.25) is 0 Å². The van der Waals surface area contributed by atoms with E-state index in [-0.39, 0.29) is 17.5 Å². The van der Waals surface area contributed by atoms with E-state index in [1.807, 2.05) is 12.1 Å². The van der Waals surface area contributed by atoms with Gasteiger partial charge in [0.1, 0.15) is 11.6 Å². The molecule has 0 atom stereocenters. The summed E-state index contributed by atoms with van der Waals surface area (Å²) in [4.78, 5) is 15.7. The minimum atomic E-state index is -0.280. The van der Waals surface area contributed by atoms with Crippen LogP contribution in [0.5, 0.6) is 5.75 Å². The van der Waals surface area contributed by atoms with Gasteiger partial charge in [-0.3, -0.25) is 4.79 Å². The highest BCUT2D eigenvalue weighted by molar-refractivity contribution is 7.17. The molecule has 0 bridgehead atoms. The predicted molar refractivity (Wildman–Crippen MR) is 93.6 cm³/mol. The van der Waals surface area contributed by atoms with Crippen LogP contribution in [0.4, 0.5) is 4.39 Å². The van der Waals surface area contributed by atoms with Gasteiger partial charge in [0.25, 0.3) is 5.91 Å². The van der Waals surface area contributed by atoms with Crippen LogP contribution in [0.1, 0.15) is 15.2 Å². The quantitative estimate of drug-likeness (QED) is 0.757. The molecule has 0 fully saturated rings. The molecule has 0 aliphatic heterocycles. The van der Waals surface area contributed by atoms with Gasteiger partial charge in [-0.25, -0.2) is 4.39 Å². The maximum Gasteiger partial charge on any atom is 0.263 e. The van der Waals surface area contributed by atoms with Gasteiger partial charge in [0.15, 0.2) is 0 Å². The van der Waals surface area contributed by atoms with E-state index in [1.54, 1.807) is 48.3 Å². The van der Waals surface area contributed by atoms with Crippen LogP contribution in [-0.4, -0.2) is 23.0 Å². The molecule has 3 rings (SSSR count). The van der Waals surface area contributed by atoms with Gasteiger partial charge in [-0.05, 0) is 47.5 Å². The molecule has 0 spiro atoms. The number of thiophene rings is 1. The number of phenolic OH excluding ortho intramolecular Hbond substituents is 1. The Morgan fingerprint density at radius 3 is 2.58 bits per heavy atom. The molecule has 0 radical (unpaired) electrons. The van der Waals surface area contributed by atoms with Crippen LogP contribution < -0.4 is 0 Å². The van der Waals surface area contributed by atoms with Crippen LogP contribution >= 0.6 is 11.3 Å². The molecule has 122 valence electrons. The Kier molecular flexibility index (Phi) is 4.62. The summed E-state index contributed by atoms with van der Waals surface area (Å²) in [5.41, 5.74) is 1.75. The topological polar surface area (TPSA) is 40.5 Å². The van der Waals surface area contributed by atoms with Gasteiger partial charge in [-0.1, -0.05) is 24.3 Å². The SMILES string of the molecule is CN(Cc1cccc(O)c1)C(=O)c1ccc(-c2ccc(F)cc2)s1. The summed E-state index contributed by atoms with van der Waals surface area (Å²) in [6.07, 6.45) is 0. The zero-order valence-electron chi connectivity index (χ0n) is 13.1. The van der Waals surface area contributed by atoms with Gasteiger partial charge < -0.3 is 10.0 Å². The molecule has 24 heavy (non-hydrogen) atoms. The maximum absolute atomic E-state index is 13.0. The van der Waals surface area contributed by atoms with E-state index in [4.69, 9.17) is 0 Å². The minimum Gasteiger partial charge on any atom is -0.508 e. The number of aromatic hydroxyl groups is 1. The number of benzene rings is 2. The van der Waals surface area contributed by atoms with Crippen LogP contribution in [-0.2, 0) is 6.54 Å². The van der Waals surface area contributed by atoms with E-state index < -0.39 is 0 Å². The number of hydrogen-bond acceptors (Lipinski definition) is 3. The largest absolute Gasteiger partial charge is 0.508 e. The first kappa shape index (κ1) is 16.2. The molecule has 1 amide bonds. The summed E-state index contributed by atoms with van der Waals surface area (Å²) < 4.78 is 13.0. The summed E-state index contributed by atoms with van der Waals surface area (Å²) in [6.45, 7) is 0.414. The molecule has 3 aromatic rings. The Morgan fingerprint density at radius 1 is 1.12 bits per heavy atom. The second kappa shape index (κ2) is 6.84. The summed E-state index contributed by atoms with van der Waals surface area (Å²) in [5.74, 6) is -0.183. The first-order chi connectivity index (χ1) is 11.5. The van der Waals surface area contributed by atoms with Crippen molar-refractivity contribution in [1.29, 1.82) is 0 Å². The normalized spacial score (nSPS) is 10.6. The molecule has 1 aromatic heterocycles.